The van der Waals surface area contributed by atoms with Crippen LogP contribution in [0, 0.1) is 0 Å². The summed E-state index contributed by atoms with van der Waals surface area (Å²) < 4.78 is 66.2. The zero-order chi connectivity index (χ0) is 24.3. The normalized spacial score (nSPS) is 14.5. The first-order chi connectivity index (χ1) is 16.1. The van der Waals surface area contributed by atoms with Gasteiger partial charge in [0.2, 0.25) is 9.84 Å². The second-order valence-corrected chi connectivity index (χ2v) is 9.37. The number of rotatable bonds is 3. The van der Waals surface area contributed by atoms with E-state index < -0.39 is 33.3 Å². The van der Waals surface area contributed by atoms with Gasteiger partial charge in [0, 0.05) is 22.9 Å². The van der Waals surface area contributed by atoms with Crippen molar-refractivity contribution in [2.24, 2.45) is 0 Å². The molecule has 0 bridgehead atoms. The van der Waals surface area contributed by atoms with Crippen molar-refractivity contribution in [1.29, 1.82) is 0 Å². The van der Waals surface area contributed by atoms with E-state index in [-0.39, 0.29) is 44.5 Å². The highest BCUT2D eigenvalue weighted by Crippen LogP contribution is 2.35. The quantitative estimate of drug-likeness (QED) is 0.420. The van der Waals surface area contributed by atoms with Gasteiger partial charge in [0.25, 0.3) is 5.91 Å². The predicted octanol–water partition coefficient (Wildman–Crippen LogP) is 3.06. The fourth-order valence-corrected chi connectivity index (χ4v) is 5.39. The van der Waals surface area contributed by atoms with E-state index in [9.17, 15) is 31.2 Å². The third-order valence-corrected chi connectivity index (χ3v) is 7.26. The second-order valence-electron chi connectivity index (χ2n) is 7.48. The van der Waals surface area contributed by atoms with Gasteiger partial charge in [-0.25, -0.2) is 8.42 Å². The van der Waals surface area contributed by atoms with Gasteiger partial charge in [0.1, 0.15) is 0 Å². The van der Waals surface area contributed by atoms with Crippen LogP contribution in [0.5, 0.6) is 0 Å². The van der Waals surface area contributed by atoms with Gasteiger partial charge >= 0.3 is 6.18 Å². The van der Waals surface area contributed by atoms with Crippen LogP contribution < -0.4 is 5.32 Å². The average molecular weight is 486 g/mol. The lowest BCUT2D eigenvalue weighted by Gasteiger charge is -2.19. The topological polar surface area (TPSA) is 110 Å². The molecule has 1 amide bonds. The van der Waals surface area contributed by atoms with Crippen molar-refractivity contribution in [2.75, 3.05) is 0 Å². The summed E-state index contributed by atoms with van der Waals surface area (Å²) in [5, 5.41) is 10.1. The highest BCUT2D eigenvalue weighted by atomic mass is 32.2. The molecule has 5 rings (SSSR count). The molecule has 0 radical (unpaired) electrons. The first-order valence-electron chi connectivity index (χ1n) is 9.79. The molecule has 8 nitrogen and oxygen atoms in total. The molecule has 172 valence electrons. The van der Waals surface area contributed by atoms with Crippen LogP contribution in [0.4, 0.5) is 13.2 Å². The third-order valence-electron chi connectivity index (χ3n) is 5.41. The molecule has 1 aliphatic rings. The smallest absolute Gasteiger partial charge is 0.345 e. The van der Waals surface area contributed by atoms with Crippen LogP contribution in [0.3, 0.4) is 0 Å². The van der Waals surface area contributed by atoms with Gasteiger partial charge in [0.15, 0.2) is 17.3 Å². The number of benzene rings is 2. The molecule has 1 N–H and O–H groups in total. The van der Waals surface area contributed by atoms with E-state index in [0.717, 1.165) is 28.8 Å². The highest BCUT2D eigenvalue weighted by molar-refractivity contribution is 7.91. The van der Waals surface area contributed by atoms with E-state index in [4.69, 9.17) is 0 Å². The third kappa shape index (κ3) is 3.43. The van der Waals surface area contributed by atoms with Crippen molar-refractivity contribution in [3.8, 4) is 0 Å². The molecule has 0 atom stereocenters. The number of ketones is 1. The number of nitrogens with zero attached hydrogens (tertiary/aromatic N) is 3. The number of halogens is 3. The summed E-state index contributed by atoms with van der Waals surface area (Å²) in [7, 11) is -4.03. The molecule has 0 unspecified atom stereocenters. The summed E-state index contributed by atoms with van der Waals surface area (Å²) in [4.78, 5) is 25.0. The number of alkyl halides is 3. The zero-order valence-corrected chi connectivity index (χ0v) is 17.8. The summed E-state index contributed by atoms with van der Waals surface area (Å²) in [5.41, 5.74) is -0.770. The summed E-state index contributed by atoms with van der Waals surface area (Å²) in [5.74, 6) is -1.13. The number of carbonyl (C=O) groups excluding carboxylic acids is 2. The van der Waals surface area contributed by atoms with Crippen LogP contribution in [0.1, 0.15) is 37.7 Å². The van der Waals surface area contributed by atoms with Gasteiger partial charge in [-0.05, 0) is 42.5 Å². The molecule has 0 spiro atoms. The van der Waals surface area contributed by atoms with Crippen LogP contribution >= 0.6 is 0 Å². The Labute approximate surface area is 190 Å². The fourth-order valence-electron chi connectivity index (χ4n) is 3.71. The van der Waals surface area contributed by atoms with Crippen molar-refractivity contribution in [1.82, 2.24) is 19.9 Å². The fraction of sp³-hybridized carbons (Fsp3) is 0.0909. The molecule has 0 saturated heterocycles. The Morgan fingerprint density at radius 1 is 0.971 bits per heavy atom. The predicted molar refractivity (Wildman–Crippen MR) is 111 cm³/mol. The molecular weight excluding hydrogens is 473 g/mol. The number of carbonyl (C=O) groups is 2. The first-order valence-corrected chi connectivity index (χ1v) is 11.3. The molecule has 34 heavy (non-hydrogen) atoms. The summed E-state index contributed by atoms with van der Waals surface area (Å²) in [6.45, 7) is -0.271. The molecule has 1 aliphatic heterocycles. The zero-order valence-electron chi connectivity index (χ0n) is 17.0. The number of pyridine rings is 1. The maximum Gasteiger partial charge on any atom is 0.417 e. The lowest BCUT2D eigenvalue weighted by atomic mass is 10.0. The summed E-state index contributed by atoms with van der Waals surface area (Å²) >= 11 is 0. The first kappa shape index (κ1) is 21.8. The number of aromatic nitrogens is 3. The van der Waals surface area contributed by atoms with Gasteiger partial charge in [-0.3, -0.25) is 14.0 Å². The van der Waals surface area contributed by atoms with Crippen molar-refractivity contribution in [2.45, 2.75) is 22.5 Å². The SMILES string of the molecule is O=C(NCc1nnc2ccc(C(F)(F)F)cn12)c1ccc2c(c1)S(=O)(=O)c1ccccc1C2=O. The molecule has 0 saturated carbocycles. The molecule has 2 aromatic carbocycles. The van der Waals surface area contributed by atoms with Gasteiger partial charge < -0.3 is 5.32 Å². The highest BCUT2D eigenvalue weighted by Gasteiger charge is 2.35. The Morgan fingerprint density at radius 2 is 1.71 bits per heavy atom. The van der Waals surface area contributed by atoms with E-state index in [0.29, 0.717) is 0 Å². The van der Waals surface area contributed by atoms with Gasteiger partial charge in [-0.1, -0.05) is 12.1 Å². The monoisotopic (exact) mass is 486 g/mol. The number of nitrogens with one attached hydrogen (secondary N) is 1. The van der Waals surface area contributed by atoms with Crippen molar-refractivity contribution >= 4 is 27.2 Å². The van der Waals surface area contributed by atoms with Crippen LogP contribution in [0.25, 0.3) is 5.65 Å². The van der Waals surface area contributed by atoms with Crippen LogP contribution in [0.15, 0.2) is 70.6 Å². The molecule has 0 aliphatic carbocycles. The number of fused-ring (bicyclic) bond motifs is 3. The van der Waals surface area contributed by atoms with E-state index in [1.165, 1.54) is 30.3 Å². The van der Waals surface area contributed by atoms with E-state index in [2.05, 4.69) is 15.5 Å². The van der Waals surface area contributed by atoms with Crippen molar-refractivity contribution in [3.05, 3.63) is 88.9 Å². The standard InChI is InChI=1S/C22H13F3N4O4S/c23-22(24,25)13-6-8-18-27-28-19(29(18)11-13)10-26-21(31)12-5-7-15-17(9-12)34(32,33)16-4-2-1-3-14(16)20(15)30/h1-9,11H,10H2,(H,26,31). The Hall–Kier alpha value is -4.06. The lowest BCUT2D eigenvalue weighted by molar-refractivity contribution is -0.137. The minimum Gasteiger partial charge on any atom is -0.345 e. The molecular formula is C22H13F3N4O4S. The molecule has 0 fully saturated rings. The molecule has 3 heterocycles. The number of amides is 1. The largest absolute Gasteiger partial charge is 0.417 e. The molecule has 4 aromatic rings. The lowest BCUT2D eigenvalue weighted by Crippen LogP contribution is -2.26. The Bertz CT molecular complexity index is 1610. The van der Waals surface area contributed by atoms with Crippen LogP contribution in [-0.2, 0) is 22.6 Å². The van der Waals surface area contributed by atoms with Gasteiger partial charge in [-0.2, -0.15) is 13.2 Å². The van der Waals surface area contributed by atoms with Crippen LogP contribution in [0.2, 0.25) is 0 Å². The van der Waals surface area contributed by atoms with Crippen LogP contribution in [-0.4, -0.2) is 34.7 Å². The Morgan fingerprint density at radius 3 is 2.47 bits per heavy atom. The Kier molecular flexibility index (Phi) is 4.79. The minimum absolute atomic E-state index is 0.0423. The minimum atomic E-state index is -4.57. The Balaban J connectivity index is 1.43. The molecule has 12 heteroatoms. The van der Waals surface area contributed by atoms with E-state index >= 15 is 0 Å². The van der Waals surface area contributed by atoms with Crippen molar-refractivity contribution in [3.63, 3.8) is 0 Å². The summed E-state index contributed by atoms with van der Waals surface area (Å²) in [6.07, 6.45) is -3.74. The molecule has 2 aromatic heterocycles. The number of hydrogen-bond donors (Lipinski definition) is 1. The maximum atomic E-state index is 13.0. The van der Waals surface area contributed by atoms with Gasteiger partial charge in [-0.15, -0.1) is 10.2 Å². The van der Waals surface area contributed by atoms with E-state index in [1.54, 1.807) is 6.07 Å². The van der Waals surface area contributed by atoms with Crippen molar-refractivity contribution < 1.29 is 31.2 Å². The second kappa shape index (κ2) is 7.48. The number of sulfone groups is 1. The maximum absolute atomic E-state index is 13.0. The van der Waals surface area contributed by atoms with E-state index in [1.807, 2.05) is 0 Å². The average Bonchev–Trinajstić information content (AvgIpc) is 3.23. The number of hydrogen-bond acceptors (Lipinski definition) is 6. The van der Waals surface area contributed by atoms with Gasteiger partial charge in [0.05, 0.1) is 21.9 Å². The summed E-state index contributed by atoms with van der Waals surface area (Å²) in [6, 6.07) is 11.5.